The van der Waals surface area contributed by atoms with Gasteiger partial charge < -0.3 is 14.4 Å². The van der Waals surface area contributed by atoms with Gasteiger partial charge in [0.1, 0.15) is 5.75 Å². The zero-order valence-electron chi connectivity index (χ0n) is 21.6. The van der Waals surface area contributed by atoms with E-state index in [1.54, 1.807) is 6.07 Å². The highest BCUT2D eigenvalue weighted by atomic mass is 35.5. The summed E-state index contributed by atoms with van der Waals surface area (Å²) in [5, 5.41) is 1.21. The van der Waals surface area contributed by atoms with Crippen LogP contribution in [0.2, 0.25) is 10.0 Å². The van der Waals surface area contributed by atoms with Crippen molar-refractivity contribution in [3.05, 3.63) is 52.0 Å². The van der Waals surface area contributed by atoms with Crippen molar-refractivity contribution in [1.29, 1.82) is 0 Å². The van der Waals surface area contributed by atoms with Crippen LogP contribution in [0.15, 0.2) is 36.4 Å². The van der Waals surface area contributed by atoms with Crippen LogP contribution in [0.5, 0.6) is 5.75 Å². The Kier molecular flexibility index (Phi) is 9.57. The maximum absolute atomic E-state index is 12.6. The highest BCUT2D eigenvalue weighted by molar-refractivity contribution is 6.43. The molecule has 2 aliphatic heterocycles. The third kappa shape index (κ3) is 7.09. The minimum atomic E-state index is -0.616. The van der Waals surface area contributed by atoms with Crippen molar-refractivity contribution in [2.24, 2.45) is 5.92 Å². The Morgan fingerprint density at radius 1 is 1.00 bits per heavy atom. The first-order valence-corrected chi connectivity index (χ1v) is 13.8. The molecule has 0 unspecified atom stereocenters. The average molecular weight is 549 g/mol. The minimum absolute atomic E-state index is 0.198. The van der Waals surface area contributed by atoms with Crippen LogP contribution < -0.4 is 14.5 Å². The second-order valence-electron chi connectivity index (χ2n) is 9.95. The molecule has 2 aromatic rings. The fourth-order valence-electron chi connectivity index (χ4n) is 4.62. The fraction of sp³-hybridized carbons (Fsp3) is 0.500. The van der Waals surface area contributed by atoms with Crippen molar-refractivity contribution in [2.75, 3.05) is 55.7 Å². The Morgan fingerprint density at radius 2 is 1.78 bits per heavy atom. The molecule has 0 aromatic heterocycles. The second kappa shape index (κ2) is 12.9. The van der Waals surface area contributed by atoms with E-state index in [1.807, 2.05) is 44.2 Å². The topological polar surface area (TPSA) is 62.3 Å². The molecule has 2 amide bonds. The number of benzene rings is 2. The summed E-state index contributed by atoms with van der Waals surface area (Å²) in [6.07, 6.45) is 2.23. The molecule has 37 heavy (non-hydrogen) atoms. The molecule has 0 atom stereocenters. The van der Waals surface area contributed by atoms with Crippen LogP contribution in [0.3, 0.4) is 0 Å². The van der Waals surface area contributed by atoms with Crippen LogP contribution in [0.1, 0.15) is 38.7 Å². The Bertz CT molecular complexity index is 1100. The van der Waals surface area contributed by atoms with Crippen LogP contribution in [0.25, 0.3) is 0 Å². The van der Waals surface area contributed by atoms with Gasteiger partial charge in [0.05, 0.1) is 34.6 Å². The number of ether oxygens (including phenoxy) is 2. The summed E-state index contributed by atoms with van der Waals surface area (Å²) in [5.41, 5.74) is 2.52. The third-order valence-corrected chi connectivity index (χ3v) is 7.47. The molecule has 2 heterocycles. The van der Waals surface area contributed by atoms with E-state index in [1.165, 1.54) is 0 Å². The number of aryl methyl sites for hydroxylation is 1. The first-order valence-electron chi connectivity index (χ1n) is 13.0. The number of hydrogen-bond acceptors (Lipinski definition) is 6. The summed E-state index contributed by atoms with van der Waals surface area (Å²) in [6.45, 7) is 9.57. The zero-order chi connectivity index (χ0) is 26.4. The molecule has 0 saturated carbocycles. The first kappa shape index (κ1) is 27.6. The molecule has 4 rings (SSSR count). The lowest BCUT2D eigenvalue weighted by Gasteiger charge is -2.36. The predicted molar refractivity (Wildman–Crippen MR) is 148 cm³/mol. The van der Waals surface area contributed by atoms with Gasteiger partial charge in [-0.2, -0.15) is 0 Å². The number of imide groups is 1. The van der Waals surface area contributed by atoms with Gasteiger partial charge in [-0.25, -0.2) is 9.69 Å². The maximum atomic E-state index is 12.6. The summed E-state index contributed by atoms with van der Waals surface area (Å²) < 4.78 is 11.3. The van der Waals surface area contributed by atoms with Gasteiger partial charge >= 0.3 is 6.09 Å². The number of hydrogen-bond donors (Lipinski definition) is 0. The molecular weight excluding hydrogens is 513 g/mol. The quantitative estimate of drug-likeness (QED) is 0.356. The molecule has 0 spiro atoms. The lowest BCUT2D eigenvalue weighted by atomic mass is 10.0. The summed E-state index contributed by atoms with van der Waals surface area (Å²) in [5.74, 6) is 0.613. The van der Waals surface area contributed by atoms with Crippen LogP contribution in [0, 0.1) is 5.92 Å². The van der Waals surface area contributed by atoms with Crippen LogP contribution >= 0.6 is 23.2 Å². The number of amides is 2. The zero-order valence-corrected chi connectivity index (χ0v) is 23.1. The highest BCUT2D eigenvalue weighted by Gasteiger charge is 2.31. The van der Waals surface area contributed by atoms with Gasteiger partial charge in [-0.1, -0.05) is 49.2 Å². The SMILES string of the molecule is CC(C)COC(=O)N1C(=O)CCc2ccc(OCCCCN3CCN(c4cccc(Cl)c4Cl)CC3)cc21. The molecule has 0 aliphatic carbocycles. The number of rotatable bonds is 9. The summed E-state index contributed by atoms with van der Waals surface area (Å²) in [4.78, 5) is 31.0. The van der Waals surface area contributed by atoms with Crippen LogP contribution in [0.4, 0.5) is 16.2 Å². The lowest BCUT2D eigenvalue weighted by Crippen LogP contribution is -2.46. The molecule has 1 saturated heterocycles. The van der Waals surface area contributed by atoms with E-state index in [9.17, 15) is 9.59 Å². The van der Waals surface area contributed by atoms with Gasteiger partial charge in [-0.15, -0.1) is 0 Å². The average Bonchev–Trinajstić information content (AvgIpc) is 2.89. The normalized spacial score (nSPS) is 16.2. The molecule has 0 bridgehead atoms. The summed E-state index contributed by atoms with van der Waals surface area (Å²) in [6, 6.07) is 11.4. The number of anilines is 2. The Morgan fingerprint density at radius 3 is 2.54 bits per heavy atom. The van der Waals surface area contributed by atoms with Crippen LogP contribution in [-0.2, 0) is 16.0 Å². The van der Waals surface area contributed by atoms with E-state index >= 15 is 0 Å². The van der Waals surface area contributed by atoms with E-state index in [2.05, 4.69) is 9.80 Å². The van der Waals surface area contributed by atoms with Crippen molar-refractivity contribution >= 4 is 46.6 Å². The van der Waals surface area contributed by atoms with Crippen molar-refractivity contribution in [3.8, 4) is 5.75 Å². The number of carbonyl (C=O) groups excluding carboxylic acids is 2. The standard InChI is InChI=1S/C28H35Cl2N3O4/c1-20(2)19-37-28(35)33-25-18-22(10-8-21(25)9-11-26(33)34)36-17-4-3-12-31-13-15-32(16-14-31)24-7-5-6-23(29)27(24)30/h5-8,10,18,20H,3-4,9,11-17,19H2,1-2H3. The van der Waals surface area contributed by atoms with Gasteiger partial charge in [0.25, 0.3) is 0 Å². The number of piperazine rings is 1. The van der Waals surface area contributed by atoms with Crippen molar-refractivity contribution in [1.82, 2.24) is 4.90 Å². The largest absolute Gasteiger partial charge is 0.494 e. The molecule has 7 nitrogen and oxygen atoms in total. The van der Waals surface area contributed by atoms with E-state index in [-0.39, 0.29) is 18.4 Å². The van der Waals surface area contributed by atoms with Gasteiger partial charge in [0, 0.05) is 38.7 Å². The Hall–Kier alpha value is -2.48. The number of fused-ring (bicyclic) bond motifs is 1. The number of nitrogens with zero attached hydrogens (tertiary/aromatic N) is 3. The van der Waals surface area contributed by atoms with Gasteiger partial charge in [-0.3, -0.25) is 9.69 Å². The predicted octanol–water partition coefficient (Wildman–Crippen LogP) is 6.05. The minimum Gasteiger partial charge on any atom is -0.494 e. The Labute approximate surface area is 229 Å². The van der Waals surface area contributed by atoms with Crippen molar-refractivity contribution < 1.29 is 19.1 Å². The van der Waals surface area contributed by atoms with Gasteiger partial charge in [-0.05, 0) is 55.5 Å². The Balaban J connectivity index is 1.22. The summed E-state index contributed by atoms with van der Waals surface area (Å²) in [7, 11) is 0. The molecule has 9 heteroatoms. The van der Waals surface area contributed by atoms with Crippen molar-refractivity contribution in [2.45, 2.75) is 39.5 Å². The van der Waals surface area contributed by atoms with E-state index in [0.29, 0.717) is 40.9 Å². The maximum Gasteiger partial charge on any atom is 0.421 e. The molecule has 0 N–H and O–H groups in total. The van der Waals surface area contributed by atoms with Crippen molar-refractivity contribution in [3.63, 3.8) is 0 Å². The smallest absolute Gasteiger partial charge is 0.421 e. The number of carbonyl (C=O) groups is 2. The molecule has 2 aromatic carbocycles. The fourth-order valence-corrected chi connectivity index (χ4v) is 5.04. The van der Waals surface area contributed by atoms with Gasteiger partial charge in [0.2, 0.25) is 5.91 Å². The third-order valence-electron chi connectivity index (χ3n) is 6.66. The van der Waals surface area contributed by atoms with E-state index in [0.717, 1.165) is 61.7 Å². The van der Waals surface area contributed by atoms with Crippen LogP contribution in [-0.4, -0.2) is 62.8 Å². The number of halogens is 2. The molecule has 2 aliphatic rings. The second-order valence-corrected chi connectivity index (χ2v) is 10.7. The summed E-state index contributed by atoms with van der Waals surface area (Å²) >= 11 is 12.6. The monoisotopic (exact) mass is 547 g/mol. The van der Waals surface area contributed by atoms with E-state index < -0.39 is 6.09 Å². The van der Waals surface area contributed by atoms with E-state index in [4.69, 9.17) is 32.7 Å². The first-order chi connectivity index (χ1) is 17.8. The lowest BCUT2D eigenvalue weighted by molar-refractivity contribution is -0.118. The molecule has 200 valence electrons. The molecule has 0 radical (unpaired) electrons. The molecular formula is C28H35Cl2N3O4. The highest BCUT2D eigenvalue weighted by Crippen LogP contribution is 2.34. The number of unbranched alkanes of at least 4 members (excludes halogenated alkanes) is 1. The molecule has 1 fully saturated rings. The van der Waals surface area contributed by atoms with Gasteiger partial charge in [0.15, 0.2) is 0 Å².